The highest BCUT2D eigenvalue weighted by Gasteiger charge is 2.44. The standard InChI is InChI=1S/C34H43ClN4O5S/c1-22-6-4-8-30(43-3)27-12-9-25(27)18-39-20-34(15-5-7-23-16-26(35)11-13-28(23)34)21-44-31-14-10-24(17-29(31)39)32(40)37-45(42,19-22)38-33(41)36-2/h4,8,10-11,13-14,16-17,22,25,27,30H,5-7,9,12,15,18-21H2,1-3H3,(H2,36,37,38,40,41,42)/b8-4-/t22-,25-,27+,30-,34-,45?/m0/s1. The van der Waals surface area contributed by atoms with Gasteiger partial charge in [-0.1, -0.05) is 36.7 Å². The Kier molecular flexibility index (Phi) is 9.19. The summed E-state index contributed by atoms with van der Waals surface area (Å²) in [7, 11) is -0.213. The van der Waals surface area contributed by atoms with Crippen molar-refractivity contribution in [2.45, 2.75) is 57.0 Å². The van der Waals surface area contributed by atoms with Crippen LogP contribution in [0.2, 0.25) is 5.02 Å². The maximum absolute atomic E-state index is 14.0. The van der Waals surface area contributed by atoms with Crippen LogP contribution in [-0.2, 0) is 26.5 Å². The van der Waals surface area contributed by atoms with E-state index in [-0.39, 0.29) is 23.2 Å². The molecule has 0 radical (unpaired) electrons. The van der Waals surface area contributed by atoms with Crippen molar-refractivity contribution in [3.63, 3.8) is 0 Å². The van der Waals surface area contributed by atoms with E-state index in [0.717, 1.165) is 55.9 Å². The maximum Gasteiger partial charge on any atom is 0.326 e. The largest absolute Gasteiger partial charge is 0.490 e. The third-order valence-corrected chi connectivity index (χ3v) is 12.2. The van der Waals surface area contributed by atoms with Crippen molar-refractivity contribution >= 4 is 39.1 Å². The van der Waals surface area contributed by atoms with Gasteiger partial charge in [-0.25, -0.2) is 9.00 Å². The Hall–Kier alpha value is -3.08. The monoisotopic (exact) mass is 654 g/mol. The number of ether oxygens (including phenoxy) is 2. The molecule has 0 saturated heterocycles. The number of anilines is 1. The van der Waals surface area contributed by atoms with Gasteiger partial charge in [0.2, 0.25) is 0 Å². The Bertz CT molecular complexity index is 1620. The highest BCUT2D eigenvalue weighted by Crippen LogP contribution is 2.47. The van der Waals surface area contributed by atoms with Gasteiger partial charge in [-0.2, -0.15) is 0 Å². The van der Waals surface area contributed by atoms with Crippen LogP contribution in [0.5, 0.6) is 5.75 Å². The number of rotatable bonds is 2. The number of carbonyl (C=O) groups is 2. The average Bonchev–Trinajstić information content (AvgIpc) is 3.14. The van der Waals surface area contributed by atoms with Crippen molar-refractivity contribution in [1.29, 1.82) is 0 Å². The number of nitrogens with zero attached hydrogens (tertiary/aromatic N) is 2. The first-order valence-corrected chi connectivity index (χ1v) is 18.0. The molecular weight excluding hydrogens is 612 g/mol. The van der Waals surface area contributed by atoms with Crippen LogP contribution in [0.4, 0.5) is 10.5 Å². The lowest BCUT2D eigenvalue weighted by atomic mass is 9.68. The minimum atomic E-state index is -3.41. The molecule has 6 atom stereocenters. The number of aryl methyl sites for hydroxylation is 1. The first-order chi connectivity index (χ1) is 21.6. The van der Waals surface area contributed by atoms with E-state index in [1.165, 1.54) is 18.2 Å². The fraction of sp³-hybridized carbons (Fsp3) is 0.529. The molecule has 242 valence electrons. The molecule has 1 spiro atoms. The van der Waals surface area contributed by atoms with Crippen LogP contribution >= 0.6 is 11.6 Å². The number of nitrogens with one attached hydrogen (secondary N) is 2. The summed E-state index contributed by atoms with van der Waals surface area (Å²) in [6.07, 6.45) is 9.95. The molecule has 45 heavy (non-hydrogen) atoms. The van der Waals surface area contributed by atoms with Crippen LogP contribution in [0.3, 0.4) is 0 Å². The normalized spacial score (nSPS) is 32.1. The van der Waals surface area contributed by atoms with Crippen LogP contribution in [0, 0.1) is 17.8 Å². The molecule has 11 heteroatoms. The molecule has 2 bridgehead atoms. The highest BCUT2D eigenvalue weighted by molar-refractivity contribution is 7.92. The number of methoxy groups -OCH3 is 1. The number of amides is 3. The number of urea groups is 1. The third kappa shape index (κ3) is 6.60. The molecule has 1 saturated carbocycles. The van der Waals surface area contributed by atoms with Gasteiger partial charge in [0.25, 0.3) is 5.91 Å². The van der Waals surface area contributed by atoms with Gasteiger partial charge < -0.3 is 19.7 Å². The Morgan fingerprint density at radius 3 is 2.82 bits per heavy atom. The van der Waals surface area contributed by atoms with Crippen molar-refractivity contribution in [3.8, 4) is 5.75 Å². The predicted octanol–water partition coefficient (Wildman–Crippen LogP) is 5.90. The first kappa shape index (κ1) is 31.9. The van der Waals surface area contributed by atoms with E-state index in [9.17, 15) is 13.8 Å². The van der Waals surface area contributed by atoms with Crippen molar-refractivity contribution in [1.82, 2.24) is 10.0 Å². The third-order valence-electron chi connectivity index (χ3n) is 9.99. The predicted molar refractivity (Wildman–Crippen MR) is 178 cm³/mol. The van der Waals surface area contributed by atoms with Gasteiger partial charge in [-0.15, -0.1) is 4.36 Å². The molecule has 2 aliphatic carbocycles. The van der Waals surface area contributed by atoms with Gasteiger partial charge in [0.15, 0.2) is 0 Å². The van der Waals surface area contributed by atoms with Crippen molar-refractivity contribution in [2.24, 2.45) is 22.1 Å². The number of hydrogen-bond acceptors (Lipinski definition) is 6. The average molecular weight is 655 g/mol. The van der Waals surface area contributed by atoms with Crippen molar-refractivity contribution < 1.29 is 23.3 Å². The molecule has 0 aromatic heterocycles. The van der Waals surface area contributed by atoms with Gasteiger partial charge in [-0.05, 0) is 97.7 Å². The molecule has 2 aliphatic heterocycles. The molecule has 9 nitrogen and oxygen atoms in total. The van der Waals surface area contributed by atoms with Gasteiger partial charge >= 0.3 is 6.03 Å². The van der Waals surface area contributed by atoms with E-state index >= 15 is 0 Å². The summed E-state index contributed by atoms with van der Waals surface area (Å²) in [6, 6.07) is 10.9. The molecule has 6 rings (SSSR count). The maximum atomic E-state index is 14.0. The number of allylic oxidation sites excluding steroid dienone is 1. The van der Waals surface area contributed by atoms with E-state index < -0.39 is 21.9 Å². The van der Waals surface area contributed by atoms with Gasteiger partial charge in [0, 0.05) is 43.2 Å². The minimum Gasteiger partial charge on any atom is -0.490 e. The molecule has 1 fully saturated rings. The Balaban J connectivity index is 1.45. The van der Waals surface area contributed by atoms with Crippen LogP contribution in [-0.4, -0.2) is 61.9 Å². The number of hydrogen-bond donors (Lipinski definition) is 2. The molecular formula is C34H43ClN4O5S. The summed E-state index contributed by atoms with van der Waals surface area (Å²) < 4.78 is 33.2. The quantitative estimate of drug-likeness (QED) is 0.390. The lowest BCUT2D eigenvalue weighted by Gasteiger charge is -2.46. The van der Waals surface area contributed by atoms with E-state index in [1.807, 2.05) is 25.1 Å². The minimum absolute atomic E-state index is 0.0341. The summed E-state index contributed by atoms with van der Waals surface area (Å²) in [4.78, 5) is 28.3. The van der Waals surface area contributed by atoms with Crippen LogP contribution in [0.1, 0.15) is 60.5 Å². The molecule has 2 aromatic carbocycles. The van der Waals surface area contributed by atoms with Crippen molar-refractivity contribution in [2.75, 3.05) is 44.5 Å². The van der Waals surface area contributed by atoms with Crippen LogP contribution in [0.15, 0.2) is 52.9 Å². The number of fused-ring (bicyclic) bond motifs is 4. The fourth-order valence-electron chi connectivity index (χ4n) is 7.56. The second-order valence-corrected chi connectivity index (χ2v) is 15.6. The lowest BCUT2D eigenvalue weighted by molar-refractivity contribution is 0.0131. The second-order valence-electron chi connectivity index (χ2n) is 13.1. The zero-order valence-electron chi connectivity index (χ0n) is 26.2. The summed E-state index contributed by atoms with van der Waals surface area (Å²) in [6.45, 7) is 3.98. The van der Waals surface area contributed by atoms with Crippen LogP contribution in [0.25, 0.3) is 0 Å². The lowest BCUT2D eigenvalue weighted by Crippen LogP contribution is -2.49. The number of halogens is 1. The summed E-state index contributed by atoms with van der Waals surface area (Å²) >= 11 is 6.42. The molecule has 2 heterocycles. The molecule has 3 amide bonds. The Morgan fingerprint density at radius 2 is 2.07 bits per heavy atom. The molecule has 4 aliphatic rings. The van der Waals surface area contributed by atoms with E-state index in [2.05, 4.69) is 43.6 Å². The van der Waals surface area contributed by atoms with Crippen molar-refractivity contribution in [3.05, 3.63) is 70.3 Å². The van der Waals surface area contributed by atoms with Gasteiger partial charge in [0.1, 0.15) is 15.7 Å². The van der Waals surface area contributed by atoms with Gasteiger partial charge in [-0.3, -0.25) is 9.52 Å². The summed E-state index contributed by atoms with van der Waals surface area (Å²) in [5.74, 6) is 0.765. The highest BCUT2D eigenvalue weighted by atomic mass is 35.5. The van der Waals surface area contributed by atoms with Gasteiger partial charge in [0.05, 0.1) is 24.2 Å². The fourth-order valence-corrected chi connectivity index (χ4v) is 9.63. The second kappa shape index (κ2) is 13.0. The Labute approximate surface area is 271 Å². The number of carbonyl (C=O) groups excluding carboxylic acids is 2. The zero-order valence-corrected chi connectivity index (χ0v) is 27.8. The van der Waals surface area contributed by atoms with E-state index in [1.54, 1.807) is 13.2 Å². The van der Waals surface area contributed by atoms with E-state index in [0.29, 0.717) is 36.2 Å². The van der Waals surface area contributed by atoms with Crippen LogP contribution < -0.4 is 19.7 Å². The zero-order chi connectivity index (χ0) is 31.8. The molecule has 2 N–H and O–H groups in total. The summed E-state index contributed by atoms with van der Waals surface area (Å²) in [5.41, 5.74) is 3.44. The first-order valence-electron chi connectivity index (χ1n) is 15.9. The molecule has 1 unspecified atom stereocenters. The van der Waals surface area contributed by atoms with E-state index in [4.69, 9.17) is 21.1 Å². The smallest absolute Gasteiger partial charge is 0.326 e. The SMILES string of the molecule is CNC(=O)NS1(=O)=NC(=O)c2ccc3c(c2)N(C[C@@H]2CC[C@H]2[C@@H](OC)/C=C\C[C@H](C)C1)C[C@@]1(CCCc2cc(Cl)ccc21)CO3. The topological polar surface area (TPSA) is 109 Å². The Morgan fingerprint density at radius 1 is 1.22 bits per heavy atom. The summed E-state index contributed by atoms with van der Waals surface area (Å²) in [5, 5.41) is 3.18. The number of benzene rings is 2. The molecule has 2 aromatic rings.